The lowest BCUT2D eigenvalue weighted by Gasteiger charge is -2.13. The van der Waals surface area contributed by atoms with Crippen molar-refractivity contribution < 1.29 is 48.0 Å². The van der Waals surface area contributed by atoms with Crippen molar-refractivity contribution in [1.29, 1.82) is 0 Å². The van der Waals surface area contributed by atoms with E-state index in [4.69, 9.17) is 14.2 Å². The van der Waals surface area contributed by atoms with E-state index in [1.807, 2.05) is 30.3 Å². The van der Waals surface area contributed by atoms with E-state index >= 15 is 0 Å². The van der Waals surface area contributed by atoms with Gasteiger partial charge in [0.05, 0.1) is 26.2 Å². The second kappa shape index (κ2) is 12.8. The molecule has 0 aliphatic heterocycles. The maximum absolute atomic E-state index is 12.3. The molecule has 0 heterocycles. The maximum Gasteiger partial charge on any atom is 0.510 e. The summed E-state index contributed by atoms with van der Waals surface area (Å²) >= 11 is 0. The lowest BCUT2D eigenvalue weighted by Crippen LogP contribution is -2.22. The number of hydrogen-bond donors (Lipinski definition) is 0. The van der Waals surface area contributed by atoms with Crippen molar-refractivity contribution in [3.8, 4) is 5.75 Å². The Bertz CT molecular complexity index is 1020. The molecule has 0 fully saturated rings. The average molecular weight is 479 g/mol. The highest BCUT2D eigenvalue weighted by Gasteiger charge is 2.19. The number of benzene rings is 2. The van der Waals surface area contributed by atoms with Crippen LogP contribution >= 0.6 is 0 Å². The summed E-state index contributed by atoms with van der Waals surface area (Å²) in [5, 5.41) is 10.9. The predicted octanol–water partition coefficient (Wildman–Crippen LogP) is 3.14. The Labute approximate surface area is 194 Å². The highest BCUT2D eigenvalue weighted by Crippen LogP contribution is 2.25. The summed E-state index contributed by atoms with van der Waals surface area (Å²) < 4.78 is 24.2. The molecule has 0 aromatic heterocycles. The Hall–Kier alpha value is -4.09. The predicted molar refractivity (Wildman–Crippen MR) is 115 cm³/mol. The number of rotatable bonds is 12. The summed E-state index contributed by atoms with van der Waals surface area (Å²) in [4.78, 5) is 49.4. The molecule has 34 heavy (non-hydrogen) atoms. The van der Waals surface area contributed by atoms with Crippen LogP contribution in [0.1, 0.15) is 31.7 Å². The van der Waals surface area contributed by atoms with Gasteiger partial charge in [-0.05, 0) is 42.3 Å². The van der Waals surface area contributed by atoms with Gasteiger partial charge in [0.25, 0.3) is 5.09 Å². The summed E-state index contributed by atoms with van der Waals surface area (Å²) in [6.45, 7) is 1.99. The van der Waals surface area contributed by atoms with Crippen molar-refractivity contribution in [1.82, 2.24) is 0 Å². The largest absolute Gasteiger partial charge is 0.510 e. The van der Waals surface area contributed by atoms with Gasteiger partial charge in [-0.2, -0.15) is 0 Å². The summed E-state index contributed by atoms with van der Waals surface area (Å²) in [5.41, 5.74) is 0.734. The number of ether oxygens (including phenoxy) is 5. The normalized spacial score (nSPS) is 12.2. The second-order valence-corrected chi connectivity index (χ2v) is 6.99. The molecule has 0 spiro atoms. The van der Waals surface area contributed by atoms with Crippen molar-refractivity contribution in [3.05, 3.63) is 52.1 Å². The molecule has 2 aromatic carbocycles. The third-order valence-corrected chi connectivity index (χ3v) is 4.53. The molecule has 0 amide bonds. The first-order chi connectivity index (χ1) is 16.2. The minimum Gasteiger partial charge on any atom is -0.497 e. The van der Waals surface area contributed by atoms with E-state index in [1.165, 1.54) is 0 Å². The Balaban J connectivity index is 1.67. The first kappa shape index (κ1) is 26.2. The summed E-state index contributed by atoms with van der Waals surface area (Å²) in [6, 6.07) is 11.1. The van der Waals surface area contributed by atoms with Gasteiger partial charge < -0.3 is 23.7 Å². The highest BCUT2D eigenvalue weighted by atomic mass is 17.0. The van der Waals surface area contributed by atoms with Crippen LogP contribution in [0.5, 0.6) is 5.75 Å². The monoisotopic (exact) mass is 479 g/mol. The highest BCUT2D eigenvalue weighted by molar-refractivity contribution is 5.87. The van der Waals surface area contributed by atoms with Gasteiger partial charge in [0.2, 0.25) is 6.29 Å². The van der Waals surface area contributed by atoms with Gasteiger partial charge >= 0.3 is 18.1 Å². The molecule has 0 saturated carbocycles. The Morgan fingerprint density at radius 1 is 0.971 bits per heavy atom. The SMILES string of the molecule is COc1ccc2cc(C(C)C(=O)OCC(=O)OCCCOC(=O)OC(C)O[N+](=O)[O-])ccc2c1. The van der Waals surface area contributed by atoms with Gasteiger partial charge in [0.1, 0.15) is 5.75 Å². The molecular formula is C22H25NO11. The van der Waals surface area contributed by atoms with Crippen LogP contribution in [0, 0.1) is 10.1 Å². The fourth-order valence-electron chi connectivity index (χ4n) is 2.78. The Kier molecular flexibility index (Phi) is 9.87. The van der Waals surface area contributed by atoms with E-state index in [1.54, 1.807) is 20.1 Å². The number of methoxy groups -OCH3 is 1. The van der Waals surface area contributed by atoms with E-state index in [0.717, 1.165) is 29.0 Å². The number of carbonyl (C=O) groups is 3. The van der Waals surface area contributed by atoms with E-state index in [2.05, 4.69) is 14.3 Å². The smallest absolute Gasteiger partial charge is 0.497 e. The minimum absolute atomic E-state index is 0.103. The van der Waals surface area contributed by atoms with Crippen molar-refractivity contribution in [2.75, 3.05) is 26.9 Å². The van der Waals surface area contributed by atoms with Gasteiger partial charge in [-0.25, -0.2) is 9.59 Å². The molecule has 12 heteroatoms. The lowest BCUT2D eigenvalue weighted by atomic mass is 9.98. The summed E-state index contributed by atoms with van der Waals surface area (Å²) in [6.07, 6.45) is -2.45. The number of carbonyl (C=O) groups excluding carboxylic acids is 3. The number of fused-ring (bicyclic) bond motifs is 1. The van der Waals surface area contributed by atoms with Crippen LogP contribution in [0.3, 0.4) is 0 Å². The standard InChI is InChI=1S/C22H25NO11/c1-14(16-5-6-18-12-19(29-3)8-7-17(18)11-16)21(25)32-13-20(24)30-9-4-10-31-22(26)33-15(2)34-23(27)28/h5-8,11-12,14-15H,4,9-10,13H2,1-3H3. The summed E-state index contributed by atoms with van der Waals surface area (Å²) in [7, 11) is 1.59. The minimum atomic E-state index is -1.42. The van der Waals surface area contributed by atoms with Crippen molar-refractivity contribution in [3.63, 3.8) is 0 Å². The van der Waals surface area contributed by atoms with Crippen molar-refractivity contribution >= 4 is 28.9 Å². The molecule has 184 valence electrons. The molecular weight excluding hydrogens is 454 g/mol. The molecule has 0 saturated heterocycles. The van der Waals surface area contributed by atoms with E-state index in [9.17, 15) is 24.5 Å². The first-order valence-corrected chi connectivity index (χ1v) is 10.2. The number of hydrogen-bond acceptors (Lipinski definition) is 11. The molecule has 2 atom stereocenters. The third-order valence-electron chi connectivity index (χ3n) is 4.53. The molecule has 0 radical (unpaired) electrons. The topological polar surface area (TPSA) is 150 Å². The molecule has 0 aliphatic rings. The fraction of sp³-hybridized carbons (Fsp3) is 0.409. The lowest BCUT2D eigenvalue weighted by molar-refractivity contribution is -0.777. The molecule has 2 rings (SSSR count). The fourth-order valence-corrected chi connectivity index (χ4v) is 2.78. The second-order valence-electron chi connectivity index (χ2n) is 6.99. The molecule has 0 bridgehead atoms. The van der Waals surface area contributed by atoms with Crippen LogP contribution in [-0.2, 0) is 33.4 Å². The Morgan fingerprint density at radius 3 is 2.35 bits per heavy atom. The van der Waals surface area contributed by atoms with Crippen LogP contribution in [0.25, 0.3) is 10.8 Å². The van der Waals surface area contributed by atoms with Gasteiger partial charge in [0.15, 0.2) is 6.61 Å². The molecule has 0 N–H and O–H groups in total. The van der Waals surface area contributed by atoms with Gasteiger partial charge in [0, 0.05) is 6.42 Å². The van der Waals surface area contributed by atoms with Crippen molar-refractivity contribution in [2.45, 2.75) is 32.5 Å². The number of esters is 2. The van der Waals surface area contributed by atoms with Crippen LogP contribution < -0.4 is 4.74 Å². The zero-order valence-corrected chi connectivity index (χ0v) is 18.9. The van der Waals surface area contributed by atoms with Gasteiger partial charge in [-0.1, -0.05) is 24.3 Å². The van der Waals surface area contributed by atoms with Crippen LogP contribution in [-0.4, -0.2) is 56.4 Å². The zero-order chi connectivity index (χ0) is 25.1. The van der Waals surface area contributed by atoms with Crippen LogP contribution in [0.4, 0.5) is 4.79 Å². The van der Waals surface area contributed by atoms with E-state index in [-0.39, 0.29) is 19.6 Å². The molecule has 0 aliphatic carbocycles. The average Bonchev–Trinajstić information content (AvgIpc) is 2.80. The van der Waals surface area contributed by atoms with Crippen molar-refractivity contribution in [2.24, 2.45) is 0 Å². The zero-order valence-electron chi connectivity index (χ0n) is 18.9. The molecule has 12 nitrogen and oxygen atoms in total. The quantitative estimate of drug-likeness (QED) is 0.110. The maximum atomic E-state index is 12.3. The molecule has 2 aromatic rings. The van der Waals surface area contributed by atoms with E-state index in [0.29, 0.717) is 0 Å². The first-order valence-electron chi connectivity index (χ1n) is 10.2. The van der Waals surface area contributed by atoms with Gasteiger partial charge in [-0.3, -0.25) is 9.63 Å². The number of nitrogens with zero attached hydrogens (tertiary/aromatic N) is 1. The van der Waals surface area contributed by atoms with Crippen LogP contribution in [0.15, 0.2) is 36.4 Å². The van der Waals surface area contributed by atoms with Gasteiger partial charge in [-0.15, -0.1) is 10.1 Å². The Morgan fingerprint density at radius 2 is 1.65 bits per heavy atom. The van der Waals surface area contributed by atoms with Crippen LogP contribution in [0.2, 0.25) is 0 Å². The molecule has 2 unspecified atom stereocenters. The summed E-state index contributed by atoms with van der Waals surface area (Å²) in [5.74, 6) is -1.21. The van der Waals surface area contributed by atoms with E-state index < -0.39 is 42.0 Å². The third kappa shape index (κ3) is 8.45.